The van der Waals surface area contributed by atoms with Crippen LogP contribution in [0.3, 0.4) is 0 Å². The van der Waals surface area contributed by atoms with Crippen LogP contribution in [0.15, 0.2) is 12.7 Å². The fraction of sp³-hybridized carbons (Fsp3) is 0.667. The van der Waals surface area contributed by atoms with Crippen LogP contribution in [0.1, 0.15) is 33.6 Å². The molecule has 0 bridgehead atoms. The van der Waals surface area contributed by atoms with Crippen molar-refractivity contribution in [3.63, 3.8) is 0 Å². The molecule has 7 nitrogen and oxygen atoms in total. The number of carbonyl (C=O) groups excluding carboxylic acids is 2. The van der Waals surface area contributed by atoms with Gasteiger partial charge in [-0.1, -0.05) is 26.8 Å². The Bertz CT molecular complexity index is 407. The highest BCUT2D eigenvalue weighted by Gasteiger charge is 2.34. The van der Waals surface area contributed by atoms with E-state index >= 15 is 0 Å². The van der Waals surface area contributed by atoms with Crippen molar-refractivity contribution in [1.29, 1.82) is 0 Å². The molecule has 7 heteroatoms. The third-order valence-corrected chi connectivity index (χ3v) is 2.85. The molecule has 0 aliphatic carbocycles. The second kappa shape index (κ2) is 9.94. The van der Waals surface area contributed by atoms with Gasteiger partial charge in [-0.05, 0) is 18.8 Å². The highest BCUT2D eigenvalue weighted by molar-refractivity contribution is 5.91. The van der Waals surface area contributed by atoms with E-state index in [1.54, 1.807) is 0 Å². The van der Waals surface area contributed by atoms with Crippen molar-refractivity contribution in [2.45, 2.75) is 45.7 Å². The first-order valence-electron chi connectivity index (χ1n) is 7.39. The number of carboxylic acids is 1. The SMILES string of the molecule is C=CC(NC(=O)C1CCCN1C(=O)CN)C(=O)O.CC(C)C. The van der Waals surface area contributed by atoms with Crippen LogP contribution in [0, 0.1) is 5.92 Å². The number of aliphatic carboxylic acids is 1. The molecule has 0 saturated carbocycles. The summed E-state index contributed by atoms with van der Waals surface area (Å²) in [4.78, 5) is 35.5. The fourth-order valence-electron chi connectivity index (χ4n) is 1.93. The number of carbonyl (C=O) groups is 3. The van der Waals surface area contributed by atoms with Crippen LogP contribution in [0.4, 0.5) is 0 Å². The number of hydrogen-bond donors (Lipinski definition) is 3. The summed E-state index contributed by atoms with van der Waals surface area (Å²) in [5.74, 6) is -1.15. The van der Waals surface area contributed by atoms with Gasteiger partial charge in [0, 0.05) is 6.54 Å². The molecule has 126 valence electrons. The molecule has 1 saturated heterocycles. The summed E-state index contributed by atoms with van der Waals surface area (Å²) in [5, 5.41) is 11.1. The number of nitrogens with two attached hydrogens (primary N) is 1. The van der Waals surface area contributed by atoms with Gasteiger partial charge in [-0.25, -0.2) is 4.79 Å². The predicted molar refractivity (Wildman–Crippen MR) is 84.1 cm³/mol. The van der Waals surface area contributed by atoms with Crippen LogP contribution in [-0.2, 0) is 14.4 Å². The van der Waals surface area contributed by atoms with E-state index < -0.39 is 24.0 Å². The second-order valence-electron chi connectivity index (χ2n) is 5.74. The van der Waals surface area contributed by atoms with Crippen LogP contribution >= 0.6 is 0 Å². The summed E-state index contributed by atoms with van der Waals surface area (Å²) in [7, 11) is 0. The zero-order valence-electron chi connectivity index (χ0n) is 13.5. The van der Waals surface area contributed by atoms with Gasteiger partial charge < -0.3 is 21.1 Å². The van der Waals surface area contributed by atoms with Gasteiger partial charge in [0.15, 0.2) is 0 Å². The topological polar surface area (TPSA) is 113 Å². The van der Waals surface area contributed by atoms with Crippen molar-refractivity contribution in [3.8, 4) is 0 Å². The van der Waals surface area contributed by atoms with Gasteiger partial charge in [-0.2, -0.15) is 0 Å². The first kappa shape index (κ1) is 20.1. The third kappa shape index (κ3) is 6.71. The Labute approximate surface area is 131 Å². The molecule has 22 heavy (non-hydrogen) atoms. The van der Waals surface area contributed by atoms with Crippen molar-refractivity contribution < 1.29 is 19.5 Å². The molecule has 1 heterocycles. The van der Waals surface area contributed by atoms with E-state index in [2.05, 4.69) is 32.7 Å². The molecule has 0 aromatic carbocycles. The standard InChI is InChI=1S/C11H17N3O4.C4H10/c1-2-7(11(17)18)13-10(16)8-4-3-5-14(8)9(15)6-12;1-4(2)3/h2,7-8H,1,3-6,12H2,(H,13,16)(H,17,18);4H,1-3H3. The number of likely N-dealkylation sites (tertiary alicyclic amines) is 1. The Balaban J connectivity index is 0.000000980. The zero-order chi connectivity index (χ0) is 17.3. The molecule has 1 fully saturated rings. The number of nitrogens with zero attached hydrogens (tertiary/aromatic N) is 1. The molecule has 1 aliphatic heterocycles. The molecule has 2 amide bonds. The Hall–Kier alpha value is -1.89. The van der Waals surface area contributed by atoms with Crippen molar-refractivity contribution in [3.05, 3.63) is 12.7 Å². The smallest absolute Gasteiger partial charge is 0.330 e. The maximum Gasteiger partial charge on any atom is 0.330 e. The molecule has 2 unspecified atom stereocenters. The van der Waals surface area contributed by atoms with E-state index in [-0.39, 0.29) is 12.5 Å². The van der Waals surface area contributed by atoms with Crippen molar-refractivity contribution in [2.24, 2.45) is 11.7 Å². The monoisotopic (exact) mass is 313 g/mol. The van der Waals surface area contributed by atoms with E-state index in [1.165, 1.54) is 4.90 Å². The first-order chi connectivity index (χ1) is 10.2. The predicted octanol–water partition coefficient (Wildman–Crippen LogP) is 0.354. The normalized spacial score (nSPS) is 18.2. The van der Waals surface area contributed by atoms with Gasteiger partial charge in [0.2, 0.25) is 11.8 Å². The van der Waals surface area contributed by atoms with E-state index in [0.29, 0.717) is 19.4 Å². The van der Waals surface area contributed by atoms with Gasteiger partial charge in [-0.15, -0.1) is 6.58 Å². The van der Waals surface area contributed by atoms with E-state index in [4.69, 9.17) is 10.8 Å². The summed E-state index contributed by atoms with van der Waals surface area (Å²) in [5.41, 5.74) is 5.26. The summed E-state index contributed by atoms with van der Waals surface area (Å²) >= 11 is 0. The summed E-state index contributed by atoms with van der Waals surface area (Å²) < 4.78 is 0. The number of rotatable bonds is 5. The fourth-order valence-corrected chi connectivity index (χ4v) is 1.93. The molecule has 4 N–H and O–H groups in total. The number of carboxylic acid groups (broad SMARTS) is 1. The van der Waals surface area contributed by atoms with Crippen LogP contribution < -0.4 is 11.1 Å². The minimum absolute atomic E-state index is 0.159. The van der Waals surface area contributed by atoms with Crippen LogP contribution in [0.5, 0.6) is 0 Å². The Kier molecular flexibility index (Phi) is 9.09. The average Bonchev–Trinajstić information content (AvgIpc) is 2.92. The summed E-state index contributed by atoms with van der Waals surface area (Å²) in [6.45, 7) is 10.1. The van der Waals surface area contributed by atoms with E-state index in [9.17, 15) is 14.4 Å². The number of nitrogens with one attached hydrogen (secondary N) is 1. The quantitative estimate of drug-likeness (QED) is 0.634. The molecule has 0 aromatic heterocycles. The highest BCUT2D eigenvalue weighted by Crippen LogP contribution is 2.17. The number of hydrogen-bond acceptors (Lipinski definition) is 4. The lowest BCUT2D eigenvalue weighted by atomic mass is 10.2. The van der Waals surface area contributed by atoms with Gasteiger partial charge >= 0.3 is 5.97 Å². The lowest BCUT2D eigenvalue weighted by Gasteiger charge is -2.24. The average molecular weight is 313 g/mol. The second-order valence-corrected chi connectivity index (χ2v) is 5.74. The lowest BCUT2D eigenvalue weighted by molar-refractivity contribution is -0.142. The van der Waals surface area contributed by atoms with Crippen molar-refractivity contribution in [1.82, 2.24) is 10.2 Å². The van der Waals surface area contributed by atoms with Crippen LogP contribution in [0.25, 0.3) is 0 Å². The molecule has 1 aliphatic rings. The number of amides is 2. The highest BCUT2D eigenvalue weighted by atomic mass is 16.4. The molecule has 0 spiro atoms. The van der Waals surface area contributed by atoms with E-state index in [0.717, 1.165) is 12.0 Å². The van der Waals surface area contributed by atoms with Gasteiger partial charge in [0.25, 0.3) is 0 Å². The molecule has 0 aromatic rings. The Morgan fingerprint density at radius 1 is 1.41 bits per heavy atom. The Morgan fingerprint density at radius 3 is 2.36 bits per heavy atom. The summed E-state index contributed by atoms with van der Waals surface area (Å²) in [6.07, 6.45) is 2.35. The maximum absolute atomic E-state index is 11.9. The summed E-state index contributed by atoms with van der Waals surface area (Å²) in [6, 6.07) is -1.78. The maximum atomic E-state index is 11.9. The van der Waals surface area contributed by atoms with Gasteiger partial charge in [-0.3, -0.25) is 9.59 Å². The minimum atomic E-state index is -1.19. The Morgan fingerprint density at radius 2 is 1.95 bits per heavy atom. The first-order valence-corrected chi connectivity index (χ1v) is 7.39. The molecule has 0 radical (unpaired) electrons. The molecule has 1 rings (SSSR count). The molecular formula is C15H27N3O4. The zero-order valence-corrected chi connectivity index (χ0v) is 13.5. The lowest BCUT2D eigenvalue weighted by Crippen LogP contribution is -2.51. The van der Waals surface area contributed by atoms with E-state index in [1.807, 2.05) is 0 Å². The third-order valence-electron chi connectivity index (χ3n) is 2.85. The van der Waals surface area contributed by atoms with Crippen LogP contribution in [-0.4, -0.2) is 53.0 Å². The van der Waals surface area contributed by atoms with Gasteiger partial charge in [0.1, 0.15) is 12.1 Å². The molecular weight excluding hydrogens is 286 g/mol. The minimum Gasteiger partial charge on any atom is -0.479 e. The van der Waals surface area contributed by atoms with Crippen LogP contribution in [0.2, 0.25) is 0 Å². The molecule has 2 atom stereocenters. The van der Waals surface area contributed by atoms with Crippen molar-refractivity contribution in [2.75, 3.05) is 13.1 Å². The van der Waals surface area contributed by atoms with Crippen molar-refractivity contribution >= 4 is 17.8 Å². The van der Waals surface area contributed by atoms with Gasteiger partial charge in [0.05, 0.1) is 6.54 Å². The largest absolute Gasteiger partial charge is 0.479 e.